The second kappa shape index (κ2) is 9.64. The molecular weight excluding hydrogens is 480 g/mol. The Bertz CT molecular complexity index is 1450. The first-order valence-corrected chi connectivity index (χ1v) is 10.6. The van der Waals surface area contributed by atoms with Gasteiger partial charge in [-0.3, -0.25) is 10.2 Å². The molecule has 12 heteroatoms. The van der Waals surface area contributed by atoms with Gasteiger partial charge in [-0.15, -0.1) is 13.2 Å². The van der Waals surface area contributed by atoms with E-state index in [2.05, 4.69) is 30.3 Å². The Morgan fingerprint density at radius 3 is 2.67 bits per heavy atom. The third kappa shape index (κ3) is 5.27. The highest BCUT2D eigenvalue weighted by molar-refractivity contribution is 6.14. The summed E-state index contributed by atoms with van der Waals surface area (Å²) in [5, 5.41) is 14.1. The van der Waals surface area contributed by atoms with Gasteiger partial charge in [0.25, 0.3) is 5.91 Å². The summed E-state index contributed by atoms with van der Waals surface area (Å²) in [6, 6.07) is 8.56. The van der Waals surface area contributed by atoms with Gasteiger partial charge in [-0.2, -0.15) is 0 Å². The van der Waals surface area contributed by atoms with Gasteiger partial charge < -0.3 is 20.4 Å². The molecule has 8 nitrogen and oxygen atoms in total. The summed E-state index contributed by atoms with van der Waals surface area (Å²) in [5.41, 5.74) is 1.94. The molecule has 4 N–H and O–H groups in total. The lowest BCUT2D eigenvalue weighted by molar-refractivity contribution is -0.274. The first-order chi connectivity index (χ1) is 17.1. The van der Waals surface area contributed by atoms with Crippen LogP contribution < -0.4 is 15.4 Å². The van der Waals surface area contributed by atoms with Gasteiger partial charge in [0.1, 0.15) is 22.8 Å². The molecule has 0 saturated heterocycles. The largest absolute Gasteiger partial charge is 0.573 e. The highest BCUT2D eigenvalue weighted by atomic mass is 19.4. The maximum Gasteiger partial charge on any atom is 0.573 e. The highest BCUT2D eigenvalue weighted by Crippen LogP contribution is 2.26. The number of alkyl halides is 3. The zero-order valence-electron chi connectivity index (χ0n) is 19.0. The van der Waals surface area contributed by atoms with E-state index in [0.29, 0.717) is 22.5 Å². The molecule has 0 unspecified atom stereocenters. The van der Waals surface area contributed by atoms with Gasteiger partial charge in [0.15, 0.2) is 5.65 Å². The molecule has 0 aliphatic carbocycles. The van der Waals surface area contributed by atoms with Crippen molar-refractivity contribution in [2.45, 2.75) is 19.3 Å². The van der Waals surface area contributed by atoms with Crippen LogP contribution in [-0.2, 0) is 0 Å². The van der Waals surface area contributed by atoms with Gasteiger partial charge in [-0.25, -0.2) is 14.4 Å². The third-order valence-corrected chi connectivity index (χ3v) is 5.34. The smallest absolute Gasteiger partial charge is 0.406 e. The van der Waals surface area contributed by atoms with Gasteiger partial charge in [0.05, 0.1) is 23.5 Å². The van der Waals surface area contributed by atoms with E-state index in [1.54, 1.807) is 20.0 Å². The van der Waals surface area contributed by atoms with E-state index in [0.717, 1.165) is 6.07 Å². The quantitative estimate of drug-likeness (QED) is 0.212. The fourth-order valence-corrected chi connectivity index (χ4v) is 3.60. The number of amides is 1. The maximum atomic E-state index is 13.6. The Hall–Kier alpha value is -4.48. The fourth-order valence-electron chi connectivity index (χ4n) is 3.60. The van der Waals surface area contributed by atoms with E-state index < -0.39 is 29.9 Å². The molecule has 0 radical (unpaired) electrons. The Balaban J connectivity index is 1.58. The van der Waals surface area contributed by atoms with Gasteiger partial charge in [-0.1, -0.05) is 12.1 Å². The van der Waals surface area contributed by atoms with Crippen LogP contribution >= 0.6 is 0 Å². The number of aromatic amines is 1. The first kappa shape index (κ1) is 24.6. The average molecular weight is 500 g/mol. The molecule has 0 aliphatic rings. The van der Waals surface area contributed by atoms with Crippen LogP contribution in [-0.4, -0.2) is 40.0 Å². The number of hydrogen-bond acceptors (Lipinski definition) is 6. The lowest BCUT2D eigenvalue weighted by atomic mass is 10.0. The van der Waals surface area contributed by atoms with Crippen molar-refractivity contribution in [1.29, 1.82) is 5.41 Å². The number of nitrogens with one attached hydrogen (secondary N) is 4. The second-order valence-corrected chi connectivity index (χ2v) is 7.79. The third-order valence-electron chi connectivity index (χ3n) is 5.34. The van der Waals surface area contributed by atoms with Gasteiger partial charge in [0.2, 0.25) is 0 Å². The van der Waals surface area contributed by atoms with Gasteiger partial charge in [-0.05, 0) is 42.8 Å². The minimum absolute atomic E-state index is 0.0313. The molecule has 2 aromatic carbocycles. The number of hydrogen-bond donors (Lipinski definition) is 4. The second-order valence-electron chi connectivity index (χ2n) is 7.79. The van der Waals surface area contributed by atoms with E-state index in [-0.39, 0.29) is 22.5 Å². The van der Waals surface area contributed by atoms with Crippen molar-refractivity contribution in [2.75, 3.05) is 12.4 Å². The molecule has 0 bridgehead atoms. The Kier molecular flexibility index (Phi) is 6.60. The van der Waals surface area contributed by atoms with E-state index in [1.807, 2.05) is 0 Å². The maximum absolute atomic E-state index is 13.6. The summed E-state index contributed by atoms with van der Waals surface area (Å²) < 4.78 is 55.1. The molecule has 1 amide bonds. The van der Waals surface area contributed by atoms with Crippen molar-refractivity contribution >= 4 is 28.5 Å². The number of halogens is 4. The Morgan fingerprint density at radius 2 is 1.94 bits per heavy atom. The van der Waals surface area contributed by atoms with E-state index in [9.17, 15) is 22.4 Å². The summed E-state index contributed by atoms with van der Waals surface area (Å²) in [4.78, 5) is 24.5. The number of fused-ring (bicyclic) bond motifs is 1. The van der Waals surface area contributed by atoms with E-state index in [4.69, 9.17) is 5.41 Å². The van der Waals surface area contributed by atoms with Crippen LogP contribution in [0, 0.1) is 11.2 Å². The number of benzene rings is 2. The molecule has 0 saturated carbocycles. The number of carbonyl (C=O) groups is 1. The molecule has 0 spiro atoms. The zero-order chi connectivity index (χ0) is 26.0. The molecule has 4 aromatic rings. The van der Waals surface area contributed by atoms with E-state index >= 15 is 0 Å². The van der Waals surface area contributed by atoms with Crippen molar-refractivity contribution in [3.8, 4) is 5.75 Å². The summed E-state index contributed by atoms with van der Waals surface area (Å²) >= 11 is 0. The van der Waals surface area contributed by atoms with Crippen molar-refractivity contribution in [1.82, 2.24) is 20.3 Å². The van der Waals surface area contributed by atoms with Crippen LogP contribution in [0.15, 0.2) is 54.9 Å². The Labute approximate surface area is 202 Å². The average Bonchev–Trinajstić information content (AvgIpc) is 3.26. The molecule has 4 rings (SSSR count). The van der Waals surface area contributed by atoms with Crippen LogP contribution in [0.2, 0.25) is 0 Å². The number of aromatic nitrogens is 3. The van der Waals surface area contributed by atoms with Gasteiger partial charge in [0, 0.05) is 24.5 Å². The minimum atomic E-state index is -4.83. The number of ether oxygens (including phenoxy) is 1. The van der Waals surface area contributed by atoms with Crippen LogP contribution in [0.1, 0.15) is 40.1 Å². The van der Waals surface area contributed by atoms with Crippen LogP contribution in [0.5, 0.6) is 5.75 Å². The van der Waals surface area contributed by atoms with Crippen molar-refractivity contribution in [2.24, 2.45) is 0 Å². The number of carbonyl (C=O) groups excluding carboxylic acids is 1. The summed E-state index contributed by atoms with van der Waals surface area (Å²) in [5.74, 6) is -1.41. The molecule has 2 aromatic heterocycles. The molecule has 0 fully saturated rings. The number of anilines is 1. The molecule has 186 valence electrons. The predicted octanol–water partition coefficient (Wildman–Crippen LogP) is 4.94. The van der Waals surface area contributed by atoms with Crippen molar-refractivity contribution < 1.29 is 27.1 Å². The van der Waals surface area contributed by atoms with Crippen LogP contribution in [0.25, 0.3) is 11.2 Å². The van der Waals surface area contributed by atoms with Crippen molar-refractivity contribution in [3.05, 3.63) is 83.1 Å². The van der Waals surface area contributed by atoms with Crippen LogP contribution in [0.3, 0.4) is 0 Å². The Morgan fingerprint density at radius 1 is 1.17 bits per heavy atom. The lowest BCUT2D eigenvalue weighted by Gasteiger charge is -2.16. The normalized spacial score (nSPS) is 12.3. The number of rotatable bonds is 7. The molecule has 2 heterocycles. The van der Waals surface area contributed by atoms with E-state index in [1.165, 1.54) is 42.7 Å². The summed E-state index contributed by atoms with van der Waals surface area (Å²) in [6.07, 6.45) is -2.07. The lowest BCUT2D eigenvalue weighted by Crippen LogP contribution is -2.26. The number of H-pyrrole nitrogens is 1. The topological polar surface area (TPSA) is 116 Å². The molecular formula is C24H20F4N6O2. The van der Waals surface area contributed by atoms with Gasteiger partial charge >= 0.3 is 6.36 Å². The molecule has 36 heavy (non-hydrogen) atoms. The first-order valence-electron chi connectivity index (χ1n) is 10.6. The summed E-state index contributed by atoms with van der Waals surface area (Å²) in [7, 11) is 1.60. The zero-order valence-corrected chi connectivity index (χ0v) is 19.0. The number of nitrogens with zero attached hydrogens (tertiary/aromatic N) is 2. The van der Waals surface area contributed by atoms with Crippen molar-refractivity contribution in [3.63, 3.8) is 0 Å². The fraction of sp³-hybridized carbons (Fsp3) is 0.167. The SMILES string of the molecule is CNc1cc(F)ccc1C(=N)c1cnc2[nH]cc(C(=O)N[C@H](C)c3cccc(OC(F)(F)F)c3)c2n1. The van der Waals surface area contributed by atoms with Crippen LogP contribution in [0.4, 0.5) is 23.2 Å². The highest BCUT2D eigenvalue weighted by Gasteiger charge is 2.31. The molecule has 1 atom stereocenters. The summed E-state index contributed by atoms with van der Waals surface area (Å²) in [6.45, 7) is 1.61. The molecule has 0 aliphatic heterocycles. The predicted molar refractivity (Wildman–Crippen MR) is 125 cm³/mol. The minimum Gasteiger partial charge on any atom is -0.406 e. The monoisotopic (exact) mass is 500 g/mol. The standard InChI is InChI=1S/C24H20F4N6O2/c1-12(13-4-3-5-15(8-13)36-24(26,27)28)33-23(35)17-10-31-22-21(17)34-19(11-32-22)20(29)16-7-6-14(25)9-18(16)30-2/h3-12,29-30H,1-2H3,(H,31,32)(H,33,35)/t12-/m1/s1.